The molecule has 3 unspecified atom stereocenters. The lowest BCUT2D eigenvalue weighted by Gasteiger charge is -2.43. The molecule has 0 saturated heterocycles. The van der Waals surface area contributed by atoms with Gasteiger partial charge in [0.15, 0.2) is 0 Å². The Hall–Kier alpha value is -0.860. The molecule has 0 spiro atoms. The van der Waals surface area contributed by atoms with Crippen LogP contribution < -0.4 is 5.73 Å². The van der Waals surface area contributed by atoms with E-state index in [2.05, 4.69) is 39.0 Å². The maximum absolute atomic E-state index is 6.56. The Kier molecular flexibility index (Phi) is 4.87. The van der Waals surface area contributed by atoms with Crippen molar-refractivity contribution in [3.05, 3.63) is 34.9 Å². The smallest absolute Gasteiger partial charge is 0.0834 e. The largest absolute Gasteiger partial charge is 0.377 e. The number of hydrogen-bond donors (Lipinski definition) is 1. The monoisotopic (exact) mass is 275 g/mol. The first-order valence-corrected chi connectivity index (χ1v) is 7.83. The fourth-order valence-electron chi connectivity index (χ4n) is 3.84. The van der Waals surface area contributed by atoms with Crippen LogP contribution in [0.5, 0.6) is 0 Å². The highest BCUT2D eigenvalue weighted by molar-refractivity contribution is 5.29. The van der Waals surface area contributed by atoms with E-state index in [1.165, 1.54) is 29.5 Å². The molecule has 0 bridgehead atoms. The van der Waals surface area contributed by atoms with Crippen LogP contribution in [0, 0.1) is 19.8 Å². The van der Waals surface area contributed by atoms with Gasteiger partial charge in [-0.1, -0.05) is 49.1 Å². The Balaban J connectivity index is 2.14. The third-order valence-electron chi connectivity index (χ3n) is 4.81. The fraction of sp³-hybridized carbons (Fsp3) is 0.667. The molecule has 1 aromatic rings. The topological polar surface area (TPSA) is 35.2 Å². The summed E-state index contributed by atoms with van der Waals surface area (Å²) in [7, 11) is 1.83. The highest BCUT2D eigenvalue weighted by Gasteiger charge is 2.40. The summed E-state index contributed by atoms with van der Waals surface area (Å²) in [6.07, 6.45) is 5.63. The third-order valence-corrected chi connectivity index (χ3v) is 4.81. The van der Waals surface area contributed by atoms with Gasteiger partial charge in [0.2, 0.25) is 0 Å². The summed E-state index contributed by atoms with van der Waals surface area (Å²) >= 11 is 0. The van der Waals surface area contributed by atoms with E-state index < -0.39 is 0 Å². The summed E-state index contributed by atoms with van der Waals surface area (Å²) in [5, 5.41) is 0. The molecule has 0 radical (unpaired) electrons. The van der Waals surface area contributed by atoms with E-state index in [4.69, 9.17) is 10.5 Å². The molecule has 2 heteroatoms. The first-order valence-electron chi connectivity index (χ1n) is 7.83. The second-order valence-corrected chi connectivity index (χ2v) is 6.78. The molecule has 2 rings (SSSR count). The average molecular weight is 275 g/mol. The van der Waals surface area contributed by atoms with Crippen molar-refractivity contribution in [2.75, 3.05) is 7.11 Å². The Bertz CT molecular complexity index is 436. The van der Waals surface area contributed by atoms with Crippen LogP contribution in [-0.4, -0.2) is 18.8 Å². The van der Waals surface area contributed by atoms with Crippen LogP contribution in [0.25, 0.3) is 0 Å². The zero-order valence-corrected chi connectivity index (χ0v) is 13.4. The molecule has 1 saturated carbocycles. The normalized spacial score (nSPS) is 28.4. The summed E-state index contributed by atoms with van der Waals surface area (Å²) in [4.78, 5) is 0. The second kappa shape index (κ2) is 6.28. The van der Waals surface area contributed by atoms with Crippen molar-refractivity contribution < 1.29 is 4.74 Å². The van der Waals surface area contributed by atoms with Gasteiger partial charge in [-0.15, -0.1) is 0 Å². The Morgan fingerprint density at radius 3 is 2.50 bits per heavy atom. The zero-order chi connectivity index (χ0) is 14.8. The second-order valence-electron chi connectivity index (χ2n) is 6.78. The summed E-state index contributed by atoms with van der Waals surface area (Å²) in [6, 6.07) is 6.80. The van der Waals surface area contributed by atoms with E-state index in [1.54, 1.807) is 0 Å². The molecule has 3 atom stereocenters. The molecule has 2 nitrogen and oxygen atoms in total. The van der Waals surface area contributed by atoms with Crippen molar-refractivity contribution in [2.24, 2.45) is 11.7 Å². The van der Waals surface area contributed by atoms with Crippen molar-refractivity contribution >= 4 is 0 Å². The summed E-state index contributed by atoms with van der Waals surface area (Å²) < 4.78 is 5.92. The van der Waals surface area contributed by atoms with E-state index in [0.29, 0.717) is 5.92 Å². The molecule has 1 aliphatic carbocycles. The quantitative estimate of drug-likeness (QED) is 0.908. The minimum absolute atomic E-state index is 0.0800. The van der Waals surface area contributed by atoms with Crippen molar-refractivity contribution in [2.45, 2.75) is 64.5 Å². The molecule has 0 amide bonds. The minimum Gasteiger partial charge on any atom is -0.377 e. The number of ether oxygens (including phenoxy) is 1. The van der Waals surface area contributed by atoms with Gasteiger partial charge < -0.3 is 10.5 Å². The zero-order valence-electron chi connectivity index (χ0n) is 13.4. The lowest BCUT2D eigenvalue weighted by molar-refractivity contribution is -0.0705. The Morgan fingerprint density at radius 1 is 1.30 bits per heavy atom. The first kappa shape index (κ1) is 15.5. The van der Waals surface area contributed by atoms with Crippen LogP contribution in [0.15, 0.2) is 18.2 Å². The molecule has 1 fully saturated rings. The number of benzene rings is 1. The SMILES string of the molecule is COC1(C(N)Cc2cc(C)cc(C)c2)CCCC(C)C1. The lowest BCUT2D eigenvalue weighted by atomic mass is 9.73. The predicted molar refractivity (Wildman–Crippen MR) is 85.0 cm³/mol. The van der Waals surface area contributed by atoms with Gasteiger partial charge in [0.25, 0.3) is 0 Å². The molecule has 0 aromatic heterocycles. The molecular formula is C18H29NO. The van der Waals surface area contributed by atoms with Gasteiger partial charge in [-0.05, 0) is 44.6 Å². The molecule has 0 heterocycles. The van der Waals surface area contributed by atoms with Crippen LogP contribution in [0.1, 0.15) is 49.3 Å². The lowest BCUT2D eigenvalue weighted by Crippen LogP contribution is -2.53. The number of nitrogens with two attached hydrogens (primary N) is 1. The van der Waals surface area contributed by atoms with E-state index in [1.807, 2.05) is 7.11 Å². The van der Waals surface area contributed by atoms with Gasteiger partial charge >= 0.3 is 0 Å². The molecular weight excluding hydrogens is 246 g/mol. The molecule has 0 aliphatic heterocycles. The van der Waals surface area contributed by atoms with Crippen LogP contribution in [0.4, 0.5) is 0 Å². The van der Waals surface area contributed by atoms with E-state index in [9.17, 15) is 0 Å². The number of hydrogen-bond acceptors (Lipinski definition) is 2. The van der Waals surface area contributed by atoms with Crippen LogP contribution in [0.2, 0.25) is 0 Å². The Labute approximate surface area is 123 Å². The number of methoxy groups -OCH3 is 1. The van der Waals surface area contributed by atoms with Crippen molar-refractivity contribution in [1.29, 1.82) is 0 Å². The Morgan fingerprint density at radius 2 is 1.95 bits per heavy atom. The van der Waals surface area contributed by atoms with Crippen molar-refractivity contribution in [3.8, 4) is 0 Å². The number of rotatable bonds is 4. The van der Waals surface area contributed by atoms with Crippen LogP contribution in [-0.2, 0) is 11.2 Å². The highest BCUT2D eigenvalue weighted by atomic mass is 16.5. The number of aryl methyl sites for hydroxylation is 2. The van der Waals surface area contributed by atoms with Gasteiger partial charge in [0.1, 0.15) is 0 Å². The van der Waals surface area contributed by atoms with Crippen LogP contribution >= 0.6 is 0 Å². The third kappa shape index (κ3) is 3.42. The molecule has 1 aliphatic rings. The predicted octanol–water partition coefficient (Wildman–Crippen LogP) is 3.77. The van der Waals surface area contributed by atoms with Crippen molar-refractivity contribution in [3.63, 3.8) is 0 Å². The molecule has 2 N–H and O–H groups in total. The van der Waals surface area contributed by atoms with Crippen molar-refractivity contribution in [1.82, 2.24) is 0 Å². The first-order chi connectivity index (χ1) is 9.45. The van der Waals surface area contributed by atoms with E-state index in [0.717, 1.165) is 19.3 Å². The van der Waals surface area contributed by atoms with Crippen LogP contribution in [0.3, 0.4) is 0 Å². The highest BCUT2D eigenvalue weighted by Crippen LogP contribution is 2.37. The van der Waals surface area contributed by atoms with Gasteiger partial charge in [-0.3, -0.25) is 0 Å². The summed E-state index contributed by atoms with van der Waals surface area (Å²) in [6.45, 7) is 6.62. The van der Waals surface area contributed by atoms with Gasteiger partial charge in [0.05, 0.1) is 5.60 Å². The summed E-state index contributed by atoms with van der Waals surface area (Å²) in [5.41, 5.74) is 10.4. The van der Waals surface area contributed by atoms with Gasteiger partial charge in [-0.2, -0.15) is 0 Å². The molecule has 112 valence electrons. The standard InChI is InChI=1S/C18H29NO/c1-13-6-5-7-18(12-13,20-4)17(19)11-16-9-14(2)8-15(3)10-16/h8-10,13,17H,5-7,11-12,19H2,1-4H3. The molecule has 1 aromatic carbocycles. The average Bonchev–Trinajstić information content (AvgIpc) is 2.37. The maximum atomic E-state index is 6.56. The molecule has 20 heavy (non-hydrogen) atoms. The summed E-state index contributed by atoms with van der Waals surface area (Å²) in [5.74, 6) is 0.717. The van der Waals surface area contributed by atoms with E-state index in [-0.39, 0.29) is 11.6 Å². The fourth-order valence-corrected chi connectivity index (χ4v) is 3.84. The maximum Gasteiger partial charge on any atom is 0.0834 e. The van der Waals surface area contributed by atoms with E-state index >= 15 is 0 Å². The van der Waals surface area contributed by atoms with Gasteiger partial charge in [-0.25, -0.2) is 0 Å². The van der Waals surface area contributed by atoms with Gasteiger partial charge in [0, 0.05) is 13.2 Å². The minimum atomic E-state index is -0.130.